The zero-order valence-electron chi connectivity index (χ0n) is 16.6. The maximum Gasteiger partial charge on any atom is 0.419 e. The van der Waals surface area contributed by atoms with Crippen LogP contribution < -0.4 is 0 Å². The minimum absolute atomic E-state index is 0.0839. The summed E-state index contributed by atoms with van der Waals surface area (Å²) in [6, 6.07) is 9.26. The molecule has 3 aromatic carbocycles. The molecule has 3 aromatic rings. The molecular formula is C24H16F8. The van der Waals surface area contributed by atoms with E-state index in [1.807, 2.05) is 6.92 Å². The summed E-state index contributed by atoms with van der Waals surface area (Å²) in [6.45, 7) is 2.00. The quantitative estimate of drug-likeness (QED) is 0.267. The lowest BCUT2D eigenvalue weighted by Crippen LogP contribution is -2.08. The summed E-state index contributed by atoms with van der Waals surface area (Å²) in [5.41, 5.74) is -2.39. The molecule has 0 saturated carbocycles. The first kappa shape index (κ1) is 23.5. The van der Waals surface area contributed by atoms with Gasteiger partial charge in [0.25, 0.3) is 0 Å². The molecule has 0 fully saturated rings. The van der Waals surface area contributed by atoms with E-state index in [2.05, 4.69) is 0 Å². The van der Waals surface area contributed by atoms with Gasteiger partial charge in [-0.1, -0.05) is 43.7 Å². The van der Waals surface area contributed by atoms with Crippen LogP contribution in [0.15, 0.2) is 54.6 Å². The average Bonchev–Trinajstić information content (AvgIpc) is 2.72. The van der Waals surface area contributed by atoms with Crippen molar-refractivity contribution in [2.45, 2.75) is 25.9 Å². The minimum Gasteiger partial charge on any atom is -0.206 e. The number of hydrogen-bond acceptors (Lipinski definition) is 0. The number of benzene rings is 3. The molecule has 0 N–H and O–H groups in total. The van der Waals surface area contributed by atoms with Crippen LogP contribution in [-0.4, -0.2) is 0 Å². The first-order chi connectivity index (χ1) is 15.0. The van der Waals surface area contributed by atoms with E-state index < -0.39 is 52.0 Å². The van der Waals surface area contributed by atoms with Crippen LogP contribution in [0.25, 0.3) is 22.8 Å². The Hall–Kier alpha value is -3.16. The zero-order valence-corrected chi connectivity index (χ0v) is 16.6. The van der Waals surface area contributed by atoms with Crippen LogP contribution in [0.4, 0.5) is 35.1 Å². The van der Waals surface area contributed by atoms with E-state index in [0.29, 0.717) is 11.6 Å². The van der Waals surface area contributed by atoms with Crippen LogP contribution in [0, 0.1) is 17.5 Å². The molecule has 0 aliphatic heterocycles. The average molecular weight is 456 g/mol. The molecule has 0 aromatic heterocycles. The van der Waals surface area contributed by atoms with Gasteiger partial charge in [0.05, 0.1) is 11.1 Å². The number of rotatable bonds is 5. The van der Waals surface area contributed by atoms with Gasteiger partial charge in [-0.3, -0.25) is 0 Å². The van der Waals surface area contributed by atoms with Crippen molar-refractivity contribution < 1.29 is 35.1 Å². The Morgan fingerprint density at radius 1 is 0.719 bits per heavy atom. The molecule has 0 saturated heterocycles. The van der Waals surface area contributed by atoms with E-state index in [1.165, 1.54) is 0 Å². The summed E-state index contributed by atoms with van der Waals surface area (Å²) >= 11 is 0. The van der Waals surface area contributed by atoms with Crippen molar-refractivity contribution in [2.24, 2.45) is 0 Å². The molecule has 8 heteroatoms. The fourth-order valence-corrected chi connectivity index (χ4v) is 3.22. The summed E-state index contributed by atoms with van der Waals surface area (Å²) in [5.74, 6) is -8.58. The normalized spacial score (nSPS) is 12.7. The van der Waals surface area contributed by atoms with Crippen LogP contribution in [0.2, 0.25) is 0 Å². The van der Waals surface area contributed by atoms with Crippen molar-refractivity contribution in [1.29, 1.82) is 0 Å². The Balaban J connectivity index is 2.00. The third-order valence-electron chi connectivity index (χ3n) is 4.81. The van der Waals surface area contributed by atoms with E-state index in [9.17, 15) is 35.1 Å². The minimum atomic E-state index is -5.04. The smallest absolute Gasteiger partial charge is 0.206 e. The van der Waals surface area contributed by atoms with E-state index in [-0.39, 0.29) is 17.7 Å². The highest BCUT2D eigenvalue weighted by Crippen LogP contribution is 2.37. The van der Waals surface area contributed by atoms with E-state index in [1.54, 1.807) is 24.3 Å². The molecular weight excluding hydrogens is 440 g/mol. The highest BCUT2D eigenvalue weighted by Gasteiger charge is 2.34. The number of alkyl halides is 3. The van der Waals surface area contributed by atoms with E-state index >= 15 is 0 Å². The Morgan fingerprint density at radius 2 is 1.31 bits per heavy atom. The summed E-state index contributed by atoms with van der Waals surface area (Å²) < 4.78 is 110. The lowest BCUT2D eigenvalue weighted by molar-refractivity contribution is -0.140. The maximum absolute atomic E-state index is 14.6. The second-order valence-corrected chi connectivity index (χ2v) is 7.08. The highest BCUT2D eigenvalue weighted by atomic mass is 19.4. The van der Waals surface area contributed by atoms with Gasteiger partial charge in [-0.2, -0.15) is 13.2 Å². The van der Waals surface area contributed by atoms with Gasteiger partial charge in [-0.25, -0.2) is 22.0 Å². The predicted octanol–water partition coefficient (Wildman–Crippen LogP) is 8.51. The first-order valence-electron chi connectivity index (χ1n) is 9.54. The third-order valence-corrected chi connectivity index (χ3v) is 4.81. The Morgan fingerprint density at radius 3 is 1.81 bits per heavy atom. The standard InChI is InChI=1S/C24H16F8/c1-2-3-13-4-6-14(7-5-13)16-11-19(26)21(20(27)12-16)23(29)22(28)15-8-9-17(18(25)10-15)24(30,31)32/h4-12H,2-3H2,1H3. The molecule has 0 unspecified atom stereocenters. The maximum atomic E-state index is 14.6. The van der Waals surface area contributed by atoms with Gasteiger partial charge >= 0.3 is 6.18 Å². The molecule has 32 heavy (non-hydrogen) atoms. The van der Waals surface area contributed by atoms with Crippen molar-refractivity contribution in [3.63, 3.8) is 0 Å². The van der Waals surface area contributed by atoms with Crippen LogP contribution in [0.1, 0.15) is 35.6 Å². The molecule has 168 valence electrons. The lowest BCUT2D eigenvalue weighted by atomic mass is 9.99. The molecule has 0 amide bonds. The van der Waals surface area contributed by atoms with Gasteiger partial charge in [0.1, 0.15) is 17.5 Å². The zero-order chi connectivity index (χ0) is 23.6. The largest absolute Gasteiger partial charge is 0.419 e. The molecule has 0 radical (unpaired) electrons. The Bertz CT molecular complexity index is 1130. The summed E-state index contributed by atoms with van der Waals surface area (Å²) in [4.78, 5) is 0. The van der Waals surface area contributed by atoms with Gasteiger partial charge in [0.15, 0.2) is 11.7 Å². The van der Waals surface area contributed by atoms with Gasteiger partial charge in [-0.05, 0) is 47.4 Å². The SMILES string of the molecule is CCCc1ccc(-c2cc(F)c(C(F)=C(F)c3ccc(C(F)(F)F)c(F)c3)c(F)c2)cc1. The van der Waals surface area contributed by atoms with Crippen LogP contribution >= 0.6 is 0 Å². The predicted molar refractivity (Wildman–Crippen MR) is 106 cm³/mol. The van der Waals surface area contributed by atoms with Gasteiger partial charge < -0.3 is 0 Å². The third kappa shape index (κ3) is 4.84. The molecule has 0 atom stereocenters. The van der Waals surface area contributed by atoms with Crippen LogP contribution in [0.3, 0.4) is 0 Å². The van der Waals surface area contributed by atoms with E-state index in [4.69, 9.17) is 0 Å². The second kappa shape index (κ2) is 9.14. The fourth-order valence-electron chi connectivity index (χ4n) is 3.22. The number of hydrogen-bond donors (Lipinski definition) is 0. The molecule has 0 nitrogen and oxygen atoms in total. The molecule has 0 heterocycles. The second-order valence-electron chi connectivity index (χ2n) is 7.08. The molecule has 0 spiro atoms. The topological polar surface area (TPSA) is 0 Å². The highest BCUT2D eigenvalue weighted by molar-refractivity contribution is 5.84. The summed E-state index contributed by atoms with van der Waals surface area (Å²) in [5, 5.41) is 0. The fraction of sp³-hybridized carbons (Fsp3) is 0.167. The van der Waals surface area contributed by atoms with Crippen molar-refractivity contribution in [1.82, 2.24) is 0 Å². The van der Waals surface area contributed by atoms with Gasteiger partial charge in [0.2, 0.25) is 0 Å². The summed E-state index contributed by atoms with van der Waals surface area (Å²) in [7, 11) is 0. The first-order valence-corrected chi connectivity index (χ1v) is 9.54. The summed E-state index contributed by atoms with van der Waals surface area (Å²) in [6.07, 6.45) is -3.30. The lowest BCUT2D eigenvalue weighted by Gasteiger charge is -2.11. The van der Waals surface area contributed by atoms with Gasteiger partial charge in [0, 0.05) is 5.56 Å². The van der Waals surface area contributed by atoms with Crippen LogP contribution in [-0.2, 0) is 12.6 Å². The molecule has 0 bridgehead atoms. The Labute approximate surface area is 178 Å². The van der Waals surface area contributed by atoms with Crippen LogP contribution in [0.5, 0.6) is 0 Å². The monoisotopic (exact) mass is 456 g/mol. The molecule has 3 rings (SSSR count). The van der Waals surface area contributed by atoms with Gasteiger partial charge in [-0.15, -0.1) is 0 Å². The number of halogens is 8. The van der Waals surface area contributed by atoms with Crippen molar-refractivity contribution in [3.8, 4) is 11.1 Å². The van der Waals surface area contributed by atoms with E-state index in [0.717, 1.165) is 30.5 Å². The molecule has 0 aliphatic carbocycles. The van der Waals surface area contributed by atoms with Crippen molar-refractivity contribution in [3.05, 3.63) is 94.3 Å². The Kier molecular flexibility index (Phi) is 6.71. The number of aryl methyl sites for hydroxylation is 1. The molecule has 0 aliphatic rings. The van der Waals surface area contributed by atoms with Crippen molar-refractivity contribution in [2.75, 3.05) is 0 Å². The van der Waals surface area contributed by atoms with Crippen molar-refractivity contribution >= 4 is 11.7 Å².